The van der Waals surface area contributed by atoms with E-state index in [4.69, 9.17) is 0 Å². The topological polar surface area (TPSA) is 66.4 Å². The van der Waals surface area contributed by atoms with Crippen molar-refractivity contribution in [3.05, 3.63) is 64.7 Å². The Balaban J connectivity index is 1.89. The molecule has 4 heteroatoms. The van der Waals surface area contributed by atoms with Gasteiger partial charge in [-0.15, -0.1) is 0 Å². The van der Waals surface area contributed by atoms with Crippen LogP contribution in [0.1, 0.15) is 60.2 Å². The molecule has 1 atom stereocenters. The predicted octanol–water partition coefficient (Wildman–Crippen LogP) is 3.79. The Labute approximate surface area is 147 Å². The lowest BCUT2D eigenvalue weighted by molar-refractivity contribution is -0.133. The highest BCUT2D eigenvalue weighted by atomic mass is 16.3. The third-order valence-electron chi connectivity index (χ3n) is 4.88. The molecule has 0 aromatic heterocycles. The van der Waals surface area contributed by atoms with Crippen molar-refractivity contribution in [3.63, 3.8) is 0 Å². The molecule has 0 bridgehead atoms. The first-order chi connectivity index (χ1) is 11.8. The summed E-state index contributed by atoms with van der Waals surface area (Å²) in [6.45, 7) is 6.18. The van der Waals surface area contributed by atoms with E-state index in [-0.39, 0.29) is 12.2 Å². The zero-order valence-corrected chi connectivity index (χ0v) is 14.8. The van der Waals surface area contributed by atoms with Gasteiger partial charge in [-0.25, -0.2) is 0 Å². The Morgan fingerprint density at radius 2 is 1.84 bits per heavy atom. The molecule has 0 radical (unpaired) electrons. The first-order valence-corrected chi connectivity index (χ1v) is 8.65. The van der Waals surface area contributed by atoms with Crippen LogP contribution in [0.4, 0.5) is 5.69 Å². The third-order valence-corrected chi connectivity index (χ3v) is 4.88. The lowest BCUT2D eigenvalue weighted by Gasteiger charge is -2.20. The minimum absolute atomic E-state index is 0.247. The number of hydrogen-bond acceptors (Lipinski definition) is 3. The maximum absolute atomic E-state index is 12.7. The smallest absolute Gasteiger partial charge is 0.261 e. The quantitative estimate of drug-likeness (QED) is 0.816. The summed E-state index contributed by atoms with van der Waals surface area (Å²) in [7, 11) is 0. The lowest BCUT2D eigenvalue weighted by atomic mass is 9.87. The highest BCUT2D eigenvalue weighted by molar-refractivity contribution is 6.09. The van der Waals surface area contributed by atoms with Crippen molar-refractivity contribution in [2.45, 2.75) is 45.1 Å². The molecular weight excluding hydrogens is 314 g/mol. The van der Waals surface area contributed by atoms with Crippen LogP contribution in [-0.4, -0.2) is 16.8 Å². The van der Waals surface area contributed by atoms with Gasteiger partial charge in [0.2, 0.25) is 0 Å². The Bertz CT molecular complexity index is 824. The normalized spacial score (nSPS) is 19.0. The van der Waals surface area contributed by atoms with Crippen molar-refractivity contribution in [2.24, 2.45) is 0 Å². The lowest BCUT2D eigenvalue weighted by Crippen LogP contribution is -2.36. The van der Waals surface area contributed by atoms with Crippen molar-refractivity contribution in [3.8, 4) is 0 Å². The van der Waals surface area contributed by atoms with Crippen LogP contribution < -0.4 is 5.32 Å². The van der Waals surface area contributed by atoms with Crippen LogP contribution in [0.15, 0.2) is 42.5 Å². The van der Waals surface area contributed by atoms with Gasteiger partial charge in [-0.3, -0.25) is 9.59 Å². The van der Waals surface area contributed by atoms with Crippen LogP contribution >= 0.6 is 0 Å². The highest BCUT2D eigenvalue weighted by Crippen LogP contribution is 2.39. The summed E-state index contributed by atoms with van der Waals surface area (Å²) >= 11 is 0. The predicted molar refractivity (Wildman–Crippen MR) is 97.8 cm³/mol. The van der Waals surface area contributed by atoms with Gasteiger partial charge >= 0.3 is 0 Å². The molecule has 0 unspecified atom stereocenters. The number of amides is 1. The monoisotopic (exact) mass is 337 g/mol. The van der Waals surface area contributed by atoms with Crippen LogP contribution in [0.3, 0.4) is 0 Å². The molecule has 4 nitrogen and oxygen atoms in total. The number of nitrogens with one attached hydrogen (secondary N) is 1. The van der Waals surface area contributed by atoms with Crippen molar-refractivity contribution >= 4 is 17.4 Å². The minimum Gasteiger partial charge on any atom is -0.375 e. The Kier molecular flexibility index (Phi) is 4.48. The first-order valence-electron chi connectivity index (χ1n) is 8.65. The molecular formula is C21H23NO3. The summed E-state index contributed by atoms with van der Waals surface area (Å²) in [6.07, 6.45) is 0.530. The summed E-state index contributed by atoms with van der Waals surface area (Å²) in [4.78, 5) is 25.0. The molecule has 2 N–H and O–H groups in total. The zero-order chi connectivity index (χ0) is 18.2. The fourth-order valence-electron chi connectivity index (χ4n) is 3.17. The van der Waals surface area contributed by atoms with Gasteiger partial charge in [0.25, 0.3) is 5.91 Å². The van der Waals surface area contributed by atoms with Gasteiger partial charge < -0.3 is 10.4 Å². The molecule has 130 valence electrons. The Morgan fingerprint density at radius 1 is 1.16 bits per heavy atom. The molecule has 1 heterocycles. The van der Waals surface area contributed by atoms with Crippen LogP contribution in [0, 0.1) is 0 Å². The molecule has 25 heavy (non-hydrogen) atoms. The molecule has 0 spiro atoms. The van der Waals surface area contributed by atoms with Gasteiger partial charge in [0.1, 0.15) is 0 Å². The standard InChI is InChI=1S/C21H23NO3/c1-4-14-5-10-18-17(11-14)21(25,20(24)22-18)12-19(23)16-8-6-15(7-9-16)13(2)3/h5-11,13,25H,4,12H2,1-3H3,(H,22,24)/t21-/m1/s1. The number of aryl methyl sites for hydroxylation is 1. The summed E-state index contributed by atoms with van der Waals surface area (Å²) in [6, 6.07) is 12.9. The van der Waals surface area contributed by atoms with Crippen LogP contribution in [0.2, 0.25) is 0 Å². The van der Waals surface area contributed by atoms with Gasteiger partial charge in [0.15, 0.2) is 11.4 Å². The fraction of sp³-hybridized carbons (Fsp3) is 0.333. The summed E-state index contributed by atoms with van der Waals surface area (Å²) in [5.41, 5.74) is 1.92. The van der Waals surface area contributed by atoms with Crippen molar-refractivity contribution in [1.82, 2.24) is 0 Å². The van der Waals surface area contributed by atoms with E-state index in [1.165, 1.54) is 0 Å². The Hall–Kier alpha value is -2.46. The number of benzene rings is 2. The second-order valence-electron chi connectivity index (χ2n) is 6.92. The second-order valence-corrected chi connectivity index (χ2v) is 6.92. The van der Waals surface area contributed by atoms with Gasteiger partial charge in [-0.2, -0.15) is 0 Å². The number of anilines is 1. The molecule has 1 aliphatic heterocycles. The number of fused-ring (bicyclic) bond motifs is 1. The molecule has 0 saturated heterocycles. The van der Waals surface area contributed by atoms with Gasteiger partial charge in [0, 0.05) is 16.8 Å². The maximum atomic E-state index is 12.7. The van der Waals surface area contributed by atoms with Crippen molar-refractivity contribution in [1.29, 1.82) is 0 Å². The van der Waals surface area contributed by atoms with E-state index < -0.39 is 11.5 Å². The zero-order valence-electron chi connectivity index (χ0n) is 14.8. The molecule has 1 aliphatic rings. The van der Waals surface area contributed by atoms with Crippen LogP contribution in [0.5, 0.6) is 0 Å². The van der Waals surface area contributed by atoms with Crippen molar-refractivity contribution in [2.75, 3.05) is 5.32 Å². The fourth-order valence-corrected chi connectivity index (χ4v) is 3.17. The largest absolute Gasteiger partial charge is 0.375 e. The summed E-state index contributed by atoms with van der Waals surface area (Å²) < 4.78 is 0. The van der Waals surface area contributed by atoms with E-state index in [1.54, 1.807) is 18.2 Å². The molecule has 0 fully saturated rings. The van der Waals surface area contributed by atoms with Gasteiger partial charge in [0.05, 0.1) is 6.42 Å². The molecule has 2 aromatic rings. The van der Waals surface area contributed by atoms with Crippen molar-refractivity contribution < 1.29 is 14.7 Å². The minimum atomic E-state index is -1.81. The number of carbonyl (C=O) groups excluding carboxylic acids is 2. The van der Waals surface area contributed by atoms with E-state index in [9.17, 15) is 14.7 Å². The summed E-state index contributed by atoms with van der Waals surface area (Å²) in [5, 5.41) is 13.7. The van der Waals surface area contributed by atoms with E-state index in [1.807, 2.05) is 31.2 Å². The van der Waals surface area contributed by atoms with E-state index in [0.717, 1.165) is 17.5 Å². The van der Waals surface area contributed by atoms with Gasteiger partial charge in [-0.05, 0) is 29.5 Å². The van der Waals surface area contributed by atoms with E-state index >= 15 is 0 Å². The number of rotatable bonds is 5. The molecule has 0 saturated carbocycles. The molecule has 0 aliphatic carbocycles. The van der Waals surface area contributed by atoms with Gasteiger partial charge in [-0.1, -0.05) is 57.2 Å². The molecule has 2 aromatic carbocycles. The maximum Gasteiger partial charge on any atom is 0.261 e. The van der Waals surface area contributed by atoms with Crippen LogP contribution in [0.25, 0.3) is 0 Å². The summed E-state index contributed by atoms with van der Waals surface area (Å²) in [5.74, 6) is -0.404. The second kappa shape index (κ2) is 6.45. The van der Waals surface area contributed by atoms with E-state index in [0.29, 0.717) is 22.7 Å². The average Bonchev–Trinajstić information content (AvgIpc) is 2.85. The SMILES string of the molecule is CCc1ccc2c(c1)[C@](O)(CC(=O)c1ccc(C(C)C)cc1)C(=O)N2. The van der Waals surface area contributed by atoms with E-state index in [2.05, 4.69) is 19.2 Å². The number of Topliss-reactive ketones (excluding diaryl/α,β-unsaturated/α-hetero) is 1. The number of ketones is 1. The Morgan fingerprint density at radius 3 is 2.44 bits per heavy atom. The molecule has 3 rings (SSSR count). The highest BCUT2D eigenvalue weighted by Gasteiger charge is 2.46. The number of hydrogen-bond donors (Lipinski definition) is 2. The third kappa shape index (κ3) is 3.10. The average molecular weight is 337 g/mol. The van der Waals surface area contributed by atoms with Crippen LogP contribution in [-0.2, 0) is 16.8 Å². The molecule has 1 amide bonds. The number of aliphatic hydroxyl groups is 1. The number of carbonyl (C=O) groups is 2. The first kappa shape index (κ1) is 17.4.